The molecule has 0 spiro atoms. The van der Waals surface area contributed by atoms with Crippen molar-refractivity contribution in [3.8, 4) is 5.75 Å². The number of thioether (sulfide) groups is 1. The molecule has 1 atom stereocenters. The Morgan fingerprint density at radius 3 is 2.26 bits per heavy atom. The van der Waals surface area contributed by atoms with Crippen LogP contribution in [0.5, 0.6) is 5.75 Å². The van der Waals surface area contributed by atoms with Crippen LogP contribution in [0.25, 0.3) is 0 Å². The Labute approximate surface area is 231 Å². The zero-order valence-corrected chi connectivity index (χ0v) is 23.0. The molecule has 2 amide bonds. The van der Waals surface area contributed by atoms with Gasteiger partial charge in [-0.15, -0.1) is 0 Å². The minimum atomic E-state index is -0.587. The molecule has 0 unspecified atom stereocenters. The molecule has 1 aliphatic rings. The Morgan fingerprint density at radius 1 is 0.921 bits per heavy atom. The van der Waals surface area contributed by atoms with Crippen LogP contribution < -0.4 is 10.1 Å². The highest BCUT2D eigenvalue weighted by Gasteiger charge is 2.32. The van der Waals surface area contributed by atoms with E-state index in [0.29, 0.717) is 25.1 Å². The number of carbonyl (C=O) groups excluding carboxylic acids is 2. The van der Waals surface area contributed by atoms with Crippen molar-refractivity contribution in [2.75, 3.05) is 12.9 Å². The number of methoxy groups -OCH3 is 1. The summed E-state index contributed by atoms with van der Waals surface area (Å²) in [5, 5.41) is 3.27. The van der Waals surface area contributed by atoms with Gasteiger partial charge in [0.25, 0.3) is 0 Å². The van der Waals surface area contributed by atoms with Gasteiger partial charge in [-0.3, -0.25) is 9.59 Å². The second-order valence-corrected chi connectivity index (χ2v) is 11.0. The number of nitrogens with one attached hydrogen (secondary N) is 1. The fourth-order valence-electron chi connectivity index (χ4n) is 4.96. The van der Waals surface area contributed by atoms with E-state index in [1.807, 2.05) is 72.8 Å². The summed E-state index contributed by atoms with van der Waals surface area (Å²) in [7, 11) is 1.64. The van der Waals surface area contributed by atoms with Crippen molar-refractivity contribution < 1.29 is 14.3 Å². The molecule has 0 heterocycles. The molecule has 0 bridgehead atoms. The van der Waals surface area contributed by atoms with Crippen LogP contribution in [0.1, 0.15) is 48.8 Å². The van der Waals surface area contributed by atoms with E-state index in [0.717, 1.165) is 48.3 Å². The van der Waals surface area contributed by atoms with E-state index in [1.54, 1.807) is 23.8 Å². The molecule has 0 radical (unpaired) electrons. The van der Waals surface area contributed by atoms with Gasteiger partial charge >= 0.3 is 0 Å². The predicted octanol–water partition coefficient (Wildman–Crippen LogP) is 6.02. The number of rotatable bonds is 13. The number of benzene rings is 3. The first-order valence-electron chi connectivity index (χ1n) is 13.5. The summed E-state index contributed by atoms with van der Waals surface area (Å²) >= 11 is 1.75. The maximum atomic E-state index is 13.8. The quantitative estimate of drug-likeness (QED) is 0.275. The fraction of sp³-hybridized carbons (Fsp3) is 0.375. The number of ether oxygens (including phenoxy) is 1. The molecule has 0 aromatic heterocycles. The van der Waals surface area contributed by atoms with Crippen LogP contribution >= 0.6 is 11.8 Å². The second kappa shape index (κ2) is 14.6. The van der Waals surface area contributed by atoms with E-state index in [-0.39, 0.29) is 17.9 Å². The van der Waals surface area contributed by atoms with Gasteiger partial charge in [-0.2, -0.15) is 11.8 Å². The Kier molecular flexibility index (Phi) is 10.7. The van der Waals surface area contributed by atoms with E-state index in [2.05, 4.69) is 17.4 Å². The van der Waals surface area contributed by atoms with Gasteiger partial charge in [-0.1, -0.05) is 85.6 Å². The predicted molar refractivity (Wildman–Crippen MR) is 155 cm³/mol. The average Bonchev–Trinajstić information content (AvgIpc) is 3.47. The smallest absolute Gasteiger partial charge is 0.243 e. The van der Waals surface area contributed by atoms with Gasteiger partial charge in [-0.25, -0.2) is 0 Å². The lowest BCUT2D eigenvalue weighted by Crippen LogP contribution is -2.52. The standard InChI is InChI=1S/C32H38N2O3S/c1-37-29-18-10-15-27(21-29)23-34(31(35)19-20-38-24-26-13-6-3-7-14-26)30(22-25-11-4-2-5-12-25)32(36)33-28-16-8-9-17-28/h2-7,10-15,18,21,28,30H,8-9,16-17,19-20,22-24H2,1H3,(H,33,36)/t30-/m0/s1. The number of hydrogen-bond donors (Lipinski definition) is 1. The van der Waals surface area contributed by atoms with Gasteiger partial charge in [0.1, 0.15) is 11.8 Å². The normalized spacial score (nSPS) is 14.1. The van der Waals surface area contributed by atoms with Crippen LogP contribution in [0.15, 0.2) is 84.9 Å². The minimum absolute atomic E-state index is 0.00381. The molecule has 6 heteroatoms. The first-order valence-corrected chi connectivity index (χ1v) is 14.7. The molecule has 1 aliphatic carbocycles. The van der Waals surface area contributed by atoms with Gasteiger partial charge in [0.05, 0.1) is 7.11 Å². The van der Waals surface area contributed by atoms with Crippen molar-refractivity contribution in [1.82, 2.24) is 10.2 Å². The van der Waals surface area contributed by atoms with Crippen molar-refractivity contribution >= 4 is 23.6 Å². The van der Waals surface area contributed by atoms with Gasteiger partial charge in [0.15, 0.2) is 0 Å². The van der Waals surface area contributed by atoms with E-state index in [9.17, 15) is 9.59 Å². The Morgan fingerprint density at radius 2 is 1.58 bits per heavy atom. The molecule has 1 fully saturated rings. The number of carbonyl (C=O) groups is 2. The highest BCUT2D eigenvalue weighted by Crippen LogP contribution is 2.22. The SMILES string of the molecule is COc1cccc(CN(C(=O)CCSCc2ccccc2)[C@@H](Cc2ccccc2)C(=O)NC2CCCC2)c1. The average molecular weight is 531 g/mol. The molecular formula is C32H38N2O3S. The summed E-state index contributed by atoms with van der Waals surface area (Å²) in [6.07, 6.45) is 5.14. The van der Waals surface area contributed by atoms with Crippen molar-refractivity contribution in [2.24, 2.45) is 0 Å². The third kappa shape index (κ3) is 8.38. The summed E-state index contributed by atoms with van der Waals surface area (Å²) in [6.45, 7) is 0.356. The van der Waals surface area contributed by atoms with Crippen molar-refractivity contribution in [3.05, 3.63) is 102 Å². The Balaban J connectivity index is 1.54. The monoisotopic (exact) mass is 530 g/mol. The maximum absolute atomic E-state index is 13.8. The number of nitrogens with zero attached hydrogens (tertiary/aromatic N) is 1. The Bertz CT molecular complexity index is 1150. The lowest BCUT2D eigenvalue weighted by molar-refractivity contribution is -0.141. The highest BCUT2D eigenvalue weighted by molar-refractivity contribution is 7.98. The van der Waals surface area contributed by atoms with Crippen LogP contribution in [-0.4, -0.2) is 41.7 Å². The largest absolute Gasteiger partial charge is 0.497 e. The van der Waals surface area contributed by atoms with E-state index in [4.69, 9.17) is 4.74 Å². The summed E-state index contributed by atoms with van der Waals surface area (Å²) in [5.74, 6) is 2.23. The minimum Gasteiger partial charge on any atom is -0.497 e. The molecule has 200 valence electrons. The number of hydrogen-bond acceptors (Lipinski definition) is 4. The van der Waals surface area contributed by atoms with Crippen molar-refractivity contribution in [2.45, 2.75) is 62.9 Å². The van der Waals surface area contributed by atoms with Gasteiger partial charge in [0, 0.05) is 36.9 Å². The molecule has 0 saturated heterocycles. The van der Waals surface area contributed by atoms with Crippen molar-refractivity contribution in [1.29, 1.82) is 0 Å². The molecule has 4 rings (SSSR count). The maximum Gasteiger partial charge on any atom is 0.243 e. The van der Waals surface area contributed by atoms with E-state index < -0.39 is 6.04 Å². The van der Waals surface area contributed by atoms with Crippen LogP contribution in [0.4, 0.5) is 0 Å². The van der Waals surface area contributed by atoms with E-state index >= 15 is 0 Å². The first kappa shape index (κ1) is 27.8. The van der Waals surface area contributed by atoms with Crippen molar-refractivity contribution in [3.63, 3.8) is 0 Å². The Hall–Kier alpha value is -3.25. The lowest BCUT2D eigenvalue weighted by Gasteiger charge is -2.32. The van der Waals surface area contributed by atoms with Crippen LogP contribution in [-0.2, 0) is 28.3 Å². The van der Waals surface area contributed by atoms with Crippen LogP contribution in [0.2, 0.25) is 0 Å². The molecule has 3 aromatic carbocycles. The van der Waals surface area contributed by atoms with Crippen LogP contribution in [0.3, 0.4) is 0 Å². The molecule has 38 heavy (non-hydrogen) atoms. The van der Waals surface area contributed by atoms with Gasteiger partial charge < -0.3 is 15.0 Å². The molecular weight excluding hydrogens is 492 g/mol. The van der Waals surface area contributed by atoms with Crippen LogP contribution in [0, 0.1) is 0 Å². The topological polar surface area (TPSA) is 58.6 Å². The van der Waals surface area contributed by atoms with Gasteiger partial charge in [0.2, 0.25) is 11.8 Å². The zero-order chi connectivity index (χ0) is 26.6. The molecule has 0 aliphatic heterocycles. The fourth-order valence-corrected chi connectivity index (χ4v) is 5.85. The lowest BCUT2D eigenvalue weighted by atomic mass is 10.0. The molecule has 5 nitrogen and oxygen atoms in total. The molecule has 3 aromatic rings. The third-order valence-corrected chi connectivity index (χ3v) is 8.06. The summed E-state index contributed by atoms with van der Waals surface area (Å²) in [5.41, 5.74) is 3.23. The second-order valence-electron chi connectivity index (χ2n) is 9.86. The number of amides is 2. The van der Waals surface area contributed by atoms with Gasteiger partial charge in [-0.05, 0) is 41.7 Å². The molecule has 1 saturated carbocycles. The summed E-state index contributed by atoms with van der Waals surface area (Å²) in [4.78, 5) is 29.3. The summed E-state index contributed by atoms with van der Waals surface area (Å²) in [6, 6.07) is 27.6. The summed E-state index contributed by atoms with van der Waals surface area (Å²) < 4.78 is 5.42. The highest BCUT2D eigenvalue weighted by atomic mass is 32.2. The van der Waals surface area contributed by atoms with E-state index in [1.165, 1.54) is 5.56 Å². The molecule has 1 N–H and O–H groups in total. The first-order chi connectivity index (χ1) is 18.6. The third-order valence-electron chi connectivity index (χ3n) is 7.03. The zero-order valence-electron chi connectivity index (χ0n) is 22.2.